The number of hydrogen-bond acceptors (Lipinski definition) is 2. The van der Waals surface area contributed by atoms with Gasteiger partial charge in [0.25, 0.3) is 0 Å². The van der Waals surface area contributed by atoms with Crippen molar-refractivity contribution in [2.24, 2.45) is 0 Å². The lowest BCUT2D eigenvalue weighted by Gasteiger charge is -2.18. The Labute approximate surface area is 60.8 Å². The Morgan fingerprint density at radius 1 is 1.50 bits per heavy atom. The van der Waals surface area contributed by atoms with Crippen molar-refractivity contribution >= 4 is 24.4 Å². The van der Waals surface area contributed by atoms with Gasteiger partial charge in [0.1, 0.15) is 0 Å². The van der Waals surface area contributed by atoms with Crippen LogP contribution in [0.3, 0.4) is 0 Å². The second kappa shape index (κ2) is 3.67. The molecular formula is C6H12S2. The quantitative estimate of drug-likeness (QED) is 0.556. The molecule has 1 fully saturated rings. The number of thiol groups is 1. The SMILES string of the molecule is SCC1CCCCS1. The van der Waals surface area contributed by atoms with E-state index in [4.69, 9.17) is 0 Å². The molecule has 1 aliphatic rings. The highest BCUT2D eigenvalue weighted by Gasteiger charge is 2.10. The standard InChI is InChI=1S/C6H12S2/c7-5-6-3-1-2-4-8-6/h6-7H,1-5H2. The molecule has 2 heteroatoms. The van der Waals surface area contributed by atoms with Crippen LogP contribution in [0.15, 0.2) is 0 Å². The second-order valence-corrected chi connectivity index (χ2v) is 3.94. The zero-order valence-electron chi connectivity index (χ0n) is 4.97. The molecule has 0 saturated carbocycles. The summed E-state index contributed by atoms with van der Waals surface area (Å²) in [5, 5.41) is 0.868. The van der Waals surface area contributed by atoms with Crippen LogP contribution < -0.4 is 0 Å². The molecular weight excluding hydrogens is 136 g/mol. The van der Waals surface area contributed by atoms with E-state index in [1.807, 2.05) is 0 Å². The fourth-order valence-corrected chi connectivity index (χ4v) is 2.59. The van der Waals surface area contributed by atoms with Gasteiger partial charge in [0, 0.05) is 11.0 Å². The molecule has 1 saturated heterocycles. The Kier molecular flexibility index (Phi) is 3.13. The van der Waals surface area contributed by atoms with Gasteiger partial charge in [0.05, 0.1) is 0 Å². The number of thioether (sulfide) groups is 1. The van der Waals surface area contributed by atoms with Gasteiger partial charge >= 0.3 is 0 Å². The van der Waals surface area contributed by atoms with Gasteiger partial charge < -0.3 is 0 Å². The Hall–Kier alpha value is 0.700. The number of rotatable bonds is 1. The zero-order chi connectivity index (χ0) is 5.82. The van der Waals surface area contributed by atoms with E-state index in [9.17, 15) is 0 Å². The lowest BCUT2D eigenvalue weighted by atomic mass is 10.2. The van der Waals surface area contributed by atoms with Crippen molar-refractivity contribution in [1.82, 2.24) is 0 Å². The van der Waals surface area contributed by atoms with Gasteiger partial charge in [-0.15, -0.1) is 0 Å². The summed E-state index contributed by atoms with van der Waals surface area (Å²) in [4.78, 5) is 0. The minimum Gasteiger partial charge on any atom is -0.178 e. The normalized spacial score (nSPS) is 30.4. The molecule has 1 aliphatic heterocycles. The highest BCUT2D eigenvalue weighted by Crippen LogP contribution is 2.25. The maximum atomic E-state index is 4.24. The first-order valence-electron chi connectivity index (χ1n) is 3.16. The number of hydrogen-bond donors (Lipinski definition) is 1. The molecule has 48 valence electrons. The van der Waals surface area contributed by atoms with Crippen LogP contribution in [0.1, 0.15) is 19.3 Å². The van der Waals surface area contributed by atoms with Gasteiger partial charge in [-0.3, -0.25) is 0 Å². The summed E-state index contributed by atoms with van der Waals surface area (Å²) < 4.78 is 0. The largest absolute Gasteiger partial charge is 0.178 e. The van der Waals surface area contributed by atoms with Crippen LogP contribution in [-0.4, -0.2) is 16.8 Å². The first-order chi connectivity index (χ1) is 3.93. The van der Waals surface area contributed by atoms with Gasteiger partial charge in [0.15, 0.2) is 0 Å². The van der Waals surface area contributed by atoms with Gasteiger partial charge in [0.2, 0.25) is 0 Å². The van der Waals surface area contributed by atoms with Crippen LogP contribution in [0.2, 0.25) is 0 Å². The van der Waals surface area contributed by atoms with E-state index in [-0.39, 0.29) is 0 Å². The van der Waals surface area contributed by atoms with E-state index < -0.39 is 0 Å². The molecule has 0 spiro atoms. The predicted molar refractivity (Wildman–Crippen MR) is 44.0 cm³/mol. The van der Waals surface area contributed by atoms with Gasteiger partial charge in [-0.25, -0.2) is 0 Å². The molecule has 0 aromatic rings. The highest BCUT2D eigenvalue weighted by atomic mass is 32.2. The lowest BCUT2D eigenvalue weighted by molar-refractivity contribution is 0.698. The molecule has 0 N–H and O–H groups in total. The average Bonchev–Trinajstić information content (AvgIpc) is 1.90. The van der Waals surface area contributed by atoms with Crippen LogP contribution in [0.4, 0.5) is 0 Å². The highest BCUT2D eigenvalue weighted by molar-refractivity contribution is 8.00. The first-order valence-corrected chi connectivity index (χ1v) is 4.84. The van der Waals surface area contributed by atoms with E-state index in [0.29, 0.717) is 0 Å². The molecule has 8 heavy (non-hydrogen) atoms. The van der Waals surface area contributed by atoms with E-state index in [2.05, 4.69) is 24.4 Å². The summed E-state index contributed by atoms with van der Waals surface area (Å²) in [7, 11) is 0. The van der Waals surface area contributed by atoms with Gasteiger partial charge in [-0.2, -0.15) is 24.4 Å². The maximum absolute atomic E-state index is 4.24. The Balaban J connectivity index is 2.13. The molecule has 1 unspecified atom stereocenters. The zero-order valence-corrected chi connectivity index (χ0v) is 6.68. The fraction of sp³-hybridized carbons (Fsp3) is 1.00. The Morgan fingerprint density at radius 2 is 2.38 bits per heavy atom. The van der Waals surface area contributed by atoms with Crippen LogP contribution in [0.5, 0.6) is 0 Å². The van der Waals surface area contributed by atoms with Crippen LogP contribution >= 0.6 is 24.4 Å². The Morgan fingerprint density at radius 3 is 2.75 bits per heavy atom. The van der Waals surface area contributed by atoms with E-state index in [1.165, 1.54) is 25.0 Å². The van der Waals surface area contributed by atoms with Crippen molar-refractivity contribution in [3.63, 3.8) is 0 Å². The van der Waals surface area contributed by atoms with E-state index in [1.54, 1.807) is 0 Å². The third-order valence-electron chi connectivity index (χ3n) is 1.48. The van der Waals surface area contributed by atoms with Crippen LogP contribution in [0.25, 0.3) is 0 Å². The van der Waals surface area contributed by atoms with Crippen molar-refractivity contribution in [3.8, 4) is 0 Å². The van der Waals surface area contributed by atoms with Crippen molar-refractivity contribution < 1.29 is 0 Å². The monoisotopic (exact) mass is 148 g/mol. The smallest absolute Gasteiger partial charge is 0.0135 e. The molecule has 0 bridgehead atoms. The molecule has 0 amide bonds. The topological polar surface area (TPSA) is 0 Å². The van der Waals surface area contributed by atoms with Crippen LogP contribution in [-0.2, 0) is 0 Å². The lowest BCUT2D eigenvalue weighted by Crippen LogP contribution is -2.10. The Bertz CT molecular complexity index is 57.5. The molecule has 0 aliphatic carbocycles. The fourth-order valence-electron chi connectivity index (χ4n) is 0.951. The molecule has 0 aromatic carbocycles. The third kappa shape index (κ3) is 1.90. The van der Waals surface area contributed by atoms with E-state index in [0.717, 1.165) is 11.0 Å². The minimum absolute atomic E-state index is 0.868. The van der Waals surface area contributed by atoms with Crippen LogP contribution in [0, 0.1) is 0 Å². The third-order valence-corrected chi connectivity index (χ3v) is 3.56. The van der Waals surface area contributed by atoms with Crippen molar-refractivity contribution in [2.75, 3.05) is 11.5 Å². The van der Waals surface area contributed by atoms with Crippen molar-refractivity contribution in [3.05, 3.63) is 0 Å². The summed E-state index contributed by atoms with van der Waals surface area (Å²) in [6.07, 6.45) is 4.25. The molecule has 0 nitrogen and oxygen atoms in total. The summed E-state index contributed by atoms with van der Waals surface area (Å²) in [6.45, 7) is 0. The van der Waals surface area contributed by atoms with Crippen molar-refractivity contribution in [2.45, 2.75) is 24.5 Å². The van der Waals surface area contributed by atoms with E-state index >= 15 is 0 Å². The maximum Gasteiger partial charge on any atom is 0.0135 e. The molecule has 0 aromatic heterocycles. The van der Waals surface area contributed by atoms with Gasteiger partial charge in [-0.05, 0) is 18.6 Å². The minimum atomic E-state index is 0.868. The van der Waals surface area contributed by atoms with Gasteiger partial charge in [-0.1, -0.05) is 6.42 Å². The summed E-state index contributed by atoms with van der Waals surface area (Å²) >= 11 is 6.33. The van der Waals surface area contributed by atoms with Crippen molar-refractivity contribution in [1.29, 1.82) is 0 Å². The molecule has 1 atom stereocenters. The molecule has 1 heterocycles. The average molecular weight is 148 g/mol. The summed E-state index contributed by atoms with van der Waals surface area (Å²) in [6, 6.07) is 0. The summed E-state index contributed by atoms with van der Waals surface area (Å²) in [5.74, 6) is 2.44. The molecule has 1 rings (SSSR count). The summed E-state index contributed by atoms with van der Waals surface area (Å²) in [5.41, 5.74) is 0. The predicted octanol–water partition coefficient (Wildman–Crippen LogP) is 2.20. The first kappa shape index (κ1) is 6.81. The second-order valence-electron chi connectivity index (χ2n) is 2.17. The molecule has 0 radical (unpaired) electrons.